The molecule has 1 aliphatic rings. The van der Waals surface area contributed by atoms with Crippen LogP contribution in [0.1, 0.15) is 65.7 Å². The van der Waals surface area contributed by atoms with Crippen LogP contribution in [-0.2, 0) is 0 Å². The van der Waals surface area contributed by atoms with Crippen molar-refractivity contribution in [3.63, 3.8) is 0 Å². The van der Waals surface area contributed by atoms with Crippen molar-refractivity contribution < 1.29 is 0 Å². The molecule has 1 rings (SSSR count). The van der Waals surface area contributed by atoms with Crippen LogP contribution in [0.25, 0.3) is 0 Å². The van der Waals surface area contributed by atoms with Gasteiger partial charge >= 0.3 is 0 Å². The van der Waals surface area contributed by atoms with Crippen LogP contribution in [0.5, 0.6) is 0 Å². The highest BCUT2D eigenvalue weighted by molar-refractivity contribution is 8.24. The quantitative estimate of drug-likeness (QED) is 0.614. The van der Waals surface area contributed by atoms with E-state index in [9.17, 15) is 0 Å². The summed E-state index contributed by atoms with van der Waals surface area (Å²) in [5.74, 6) is 0. The predicted octanol–water partition coefficient (Wildman–Crippen LogP) is 5.54. The summed E-state index contributed by atoms with van der Waals surface area (Å²) < 4.78 is 1.30. The fourth-order valence-electron chi connectivity index (χ4n) is 1.96. The van der Waals surface area contributed by atoms with Gasteiger partial charge in [-0.3, -0.25) is 4.99 Å². The molecule has 0 amide bonds. The summed E-state index contributed by atoms with van der Waals surface area (Å²) in [5.41, 5.74) is 1.26. The van der Waals surface area contributed by atoms with Crippen LogP contribution in [-0.4, -0.2) is 15.2 Å². The molecule has 0 unspecified atom stereocenters. The topological polar surface area (TPSA) is 12.4 Å². The van der Waals surface area contributed by atoms with Gasteiger partial charge in [-0.05, 0) is 37.7 Å². The first-order valence-corrected chi connectivity index (χ1v) is 8.21. The number of hydrogen-bond donors (Lipinski definition) is 0. The molecular formula is C15H25NS2. The average Bonchev–Trinajstić information content (AvgIpc) is 2.25. The smallest absolute Gasteiger partial charge is 0.0758 e. The maximum atomic E-state index is 5.60. The van der Waals surface area contributed by atoms with Crippen LogP contribution in [0.2, 0.25) is 0 Å². The zero-order valence-electron chi connectivity index (χ0n) is 11.9. The van der Waals surface area contributed by atoms with Crippen molar-refractivity contribution in [1.29, 1.82) is 0 Å². The fourth-order valence-corrected chi connectivity index (χ4v) is 3.82. The van der Waals surface area contributed by atoms with Crippen molar-refractivity contribution in [2.75, 3.05) is 0 Å². The molecular weight excluding hydrogens is 258 g/mol. The van der Waals surface area contributed by atoms with E-state index in [1.807, 2.05) is 24.2 Å². The highest BCUT2D eigenvalue weighted by Gasteiger charge is 2.21. The Labute approximate surface area is 122 Å². The van der Waals surface area contributed by atoms with Crippen molar-refractivity contribution in [2.45, 2.75) is 70.5 Å². The Bertz CT molecular complexity index is 329. The van der Waals surface area contributed by atoms with E-state index in [1.165, 1.54) is 37.7 Å². The first-order valence-electron chi connectivity index (χ1n) is 6.99. The van der Waals surface area contributed by atoms with E-state index in [2.05, 4.69) is 25.8 Å². The Hall–Kier alpha value is -0.150. The minimum Gasteiger partial charge on any atom is -0.269 e. The van der Waals surface area contributed by atoms with Crippen LogP contribution in [0.3, 0.4) is 0 Å². The summed E-state index contributed by atoms with van der Waals surface area (Å²) in [6, 6.07) is 0. The molecule has 3 heteroatoms. The molecule has 0 N–H and O–H groups in total. The van der Waals surface area contributed by atoms with E-state index < -0.39 is 0 Å². The van der Waals surface area contributed by atoms with E-state index in [4.69, 9.17) is 12.2 Å². The van der Waals surface area contributed by atoms with Crippen molar-refractivity contribution >= 4 is 34.4 Å². The fraction of sp³-hybridized carbons (Fsp3) is 0.733. The molecule has 0 aromatic carbocycles. The maximum absolute atomic E-state index is 5.60. The van der Waals surface area contributed by atoms with Gasteiger partial charge in [0.1, 0.15) is 0 Å². The molecule has 102 valence electrons. The molecule has 0 bridgehead atoms. The van der Waals surface area contributed by atoms with Crippen LogP contribution in [0, 0.1) is 0 Å². The third-order valence-corrected chi connectivity index (χ3v) is 4.85. The van der Waals surface area contributed by atoms with E-state index >= 15 is 0 Å². The lowest BCUT2D eigenvalue weighted by molar-refractivity contribution is 0.596. The van der Waals surface area contributed by atoms with Gasteiger partial charge in [0.05, 0.1) is 4.20 Å². The van der Waals surface area contributed by atoms with E-state index in [-0.39, 0.29) is 4.75 Å². The van der Waals surface area contributed by atoms with Gasteiger partial charge in [0.25, 0.3) is 0 Å². The number of thioether (sulfide) groups is 1. The molecule has 0 spiro atoms. The molecule has 0 aromatic heterocycles. The SMILES string of the molecule is CCCCC(C)(C)SC(=S)/C1=C/N=C\CCCC1. The summed E-state index contributed by atoms with van der Waals surface area (Å²) in [5, 5.41) is 0. The molecule has 1 nitrogen and oxygen atoms in total. The molecule has 0 radical (unpaired) electrons. The van der Waals surface area contributed by atoms with Gasteiger partial charge < -0.3 is 0 Å². The Morgan fingerprint density at radius 1 is 1.44 bits per heavy atom. The van der Waals surface area contributed by atoms with Crippen molar-refractivity contribution in [3.05, 3.63) is 11.8 Å². The molecule has 0 aliphatic carbocycles. The molecule has 1 heterocycles. The second-order valence-electron chi connectivity index (χ2n) is 5.48. The van der Waals surface area contributed by atoms with Gasteiger partial charge in [0.15, 0.2) is 0 Å². The van der Waals surface area contributed by atoms with Gasteiger partial charge in [-0.2, -0.15) is 0 Å². The zero-order chi connectivity index (χ0) is 13.4. The first-order chi connectivity index (χ1) is 8.55. The normalized spacial score (nSPS) is 21.6. The maximum Gasteiger partial charge on any atom is 0.0758 e. The van der Waals surface area contributed by atoms with Gasteiger partial charge in [0, 0.05) is 17.2 Å². The summed E-state index contributed by atoms with van der Waals surface area (Å²) in [6.45, 7) is 6.84. The van der Waals surface area contributed by atoms with Crippen molar-refractivity contribution in [1.82, 2.24) is 0 Å². The molecule has 0 saturated carbocycles. The first kappa shape index (κ1) is 15.9. The highest BCUT2D eigenvalue weighted by Crippen LogP contribution is 2.34. The van der Waals surface area contributed by atoms with Crippen LogP contribution >= 0.6 is 24.0 Å². The van der Waals surface area contributed by atoms with Gasteiger partial charge in [0.2, 0.25) is 0 Å². The van der Waals surface area contributed by atoms with Gasteiger partial charge in [-0.25, -0.2) is 0 Å². The largest absolute Gasteiger partial charge is 0.269 e. The Morgan fingerprint density at radius 2 is 2.22 bits per heavy atom. The third-order valence-electron chi connectivity index (χ3n) is 3.13. The van der Waals surface area contributed by atoms with Crippen LogP contribution in [0.15, 0.2) is 16.8 Å². The molecule has 0 saturated heterocycles. The third kappa shape index (κ3) is 6.14. The number of rotatable bonds is 5. The molecule has 0 aromatic rings. The Kier molecular flexibility index (Phi) is 7.16. The monoisotopic (exact) mass is 283 g/mol. The molecule has 0 atom stereocenters. The standard InChI is InChI=1S/C15H25NS2/c1-4-5-10-15(2,3)18-14(17)13-9-7-6-8-11-16-12-13/h11-12H,4-10H2,1-3H3/b13-12+,16-11-. The lowest BCUT2D eigenvalue weighted by Gasteiger charge is -2.25. The minimum absolute atomic E-state index is 0.250. The van der Waals surface area contributed by atoms with Crippen molar-refractivity contribution in [2.24, 2.45) is 4.99 Å². The Morgan fingerprint density at radius 3 is 2.94 bits per heavy atom. The minimum atomic E-state index is 0.250. The molecule has 1 aliphatic heterocycles. The van der Waals surface area contributed by atoms with E-state index in [0.717, 1.165) is 17.0 Å². The number of aliphatic imine (C=N–C) groups is 1. The summed E-state index contributed by atoms with van der Waals surface area (Å²) in [7, 11) is 0. The number of nitrogens with zero attached hydrogens (tertiary/aromatic N) is 1. The Balaban J connectivity index is 2.57. The number of unbranched alkanes of at least 4 members (excludes halogenated alkanes) is 1. The van der Waals surface area contributed by atoms with E-state index in [0.29, 0.717) is 0 Å². The lowest BCUT2D eigenvalue weighted by Crippen LogP contribution is -2.17. The summed E-state index contributed by atoms with van der Waals surface area (Å²) in [4.78, 5) is 4.34. The van der Waals surface area contributed by atoms with Gasteiger partial charge in [-0.15, -0.1) is 11.8 Å². The highest BCUT2D eigenvalue weighted by atomic mass is 32.2. The second-order valence-corrected chi connectivity index (χ2v) is 7.87. The number of hydrogen-bond acceptors (Lipinski definition) is 3. The van der Waals surface area contributed by atoms with Crippen molar-refractivity contribution in [3.8, 4) is 0 Å². The molecule has 0 fully saturated rings. The summed E-state index contributed by atoms with van der Waals surface area (Å²) >= 11 is 7.45. The predicted molar refractivity (Wildman–Crippen MR) is 88.8 cm³/mol. The molecule has 18 heavy (non-hydrogen) atoms. The average molecular weight is 284 g/mol. The second kappa shape index (κ2) is 8.11. The number of thiocarbonyl (C=S) groups is 1. The zero-order valence-corrected chi connectivity index (χ0v) is 13.5. The summed E-state index contributed by atoms with van der Waals surface area (Å²) in [6.07, 6.45) is 12.4. The van der Waals surface area contributed by atoms with Crippen LogP contribution in [0.4, 0.5) is 0 Å². The van der Waals surface area contributed by atoms with E-state index in [1.54, 1.807) is 0 Å². The lowest BCUT2D eigenvalue weighted by atomic mass is 10.1. The van der Waals surface area contributed by atoms with Crippen LogP contribution < -0.4 is 0 Å². The van der Waals surface area contributed by atoms with Gasteiger partial charge in [-0.1, -0.05) is 45.8 Å².